The quantitative estimate of drug-likeness (QED) is 0.529. The molecule has 0 spiro atoms. The summed E-state index contributed by atoms with van der Waals surface area (Å²) in [7, 11) is 0. The normalized spacial score (nSPS) is 30.9. The summed E-state index contributed by atoms with van der Waals surface area (Å²) in [5, 5.41) is 0. The molecule has 3 atom stereocenters. The summed E-state index contributed by atoms with van der Waals surface area (Å²) in [5.74, 6) is 0.843. The van der Waals surface area contributed by atoms with Crippen LogP contribution in [-0.4, -0.2) is 12.1 Å². The lowest BCUT2D eigenvalue weighted by Crippen LogP contribution is -2.36. The largest absolute Gasteiger partial charge is 0.462 e. The fourth-order valence-electron chi connectivity index (χ4n) is 2.57. The highest BCUT2D eigenvalue weighted by Gasteiger charge is 2.35. The smallest absolute Gasteiger partial charge is 0.302 e. The van der Waals surface area contributed by atoms with Crippen molar-refractivity contribution in [2.75, 3.05) is 0 Å². The van der Waals surface area contributed by atoms with E-state index in [1.165, 1.54) is 6.92 Å². The molecule has 1 aliphatic rings. The van der Waals surface area contributed by atoms with Crippen LogP contribution in [0.15, 0.2) is 12.7 Å². The first-order valence-electron chi connectivity index (χ1n) is 6.14. The summed E-state index contributed by atoms with van der Waals surface area (Å²) in [6, 6.07) is 0. The third-order valence-corrected chi connectivity index (χ3v) is 3.68. The van der Waals surface area contributed by atoms with Gasteiger partial charge in [-0.3, -0.25) is 4.79 Å². The average molecular weight is 224 g/mol. The van der Waals surface area contributed by atoms with E-state index in [4.69, 9.17) is 4.74 Å². The number of ether oxygens (including phenoxy) is 1. The van der Waals surface area contributed by atoms with Crippen molar-refractivity contribution in [2.24, 2.45) is 17.3 Å². The van der Waals surface area contributed by atoms with Crippen LogP contribution in [0.4, 0.5) is 0 Å². The van der Waals surface area contributed by atoms with Crippen LogP contribution in [-0.2, 0) is 9.53 Å². The highest BCUT2D eigenvalue weighted by molar-refractivity contribution is 5.66. The minimum absolute atomic E-state index is 0.0496. The molecule has 0 aliphatic heterocycles. The number of rotatable bonds is 2. The zero-order chi connectivity index (χ0) is 12.3. The Kier molecular flexibility index (Phi) is 4.17. The fraction of sp³-hybridized carbons (Fsp3) is 0.786. The van der Waals surface area contributed by atoms with Gasteiger partial charge >= 0.3 is 5.97 Å². The minimum Gasteiger partial charge on any atom is -0.462 e. The first-order chi connectivity index (χ1) is 7.34. The van der Waals surface area contributed by atoms with E-state index in [9.17, 15) is 4.79 Å². The van der Waals surface area contributed by atoms with Gasteiger partial charge in [-0.15, -0.1) is 6.58 Å². The van der Waals surface area contributed by atoms with Crippen molar-refractivity contribution >= 4 is 5.97 Å². The van der Waals surface area contributed by atoms with Gasteiger partial charge in [-0.2, -0.15) is 0 Å². The number of hydrogen-bond acceptors (Lipinski definition) is 2. The van der Waals surface area contributed by atoms with Gasteiger partial charge in [0.2, 0.25) is 0 Å². The van der Waals surface area contributed by atoms with E-state index < -0.39 is 0 Å². The Morgan fingerprint density at radius 3 is 2.44 bits per heavy atom. The fourth-order valence-corrected chi connectivity index (χ4v) is 2.57. The number of esters is 1. The van der Waals surface area contributed by atoms with Crippen molar-refractivity contribution in [2.45, 2.75) is 53.1 Å². The third kappa shape index (κ3) is 3.36. The van der Waals surface area contributed by atoms with Crippen molar-refractivity contribution in [1.82, 2.24) is 0 Å². The van der Waals surface area contributed by atoms with Crippen LogP contribution in [0.3, 0.4) is 0 Å². The molecule has 2 heteroatoms. The molecule has 2 nitrogen and oxygen atoms in total. The molecule has 16 heavy (non-hydrogen) atoms. The lowest BCUT2D eigenvalue weighted by Gasteiger charge is -2.40. The second-order valence-corrected chi connectivity index (χ2v) is 5.92. The molecular formula is C14H24O2. The highest BCUT2D eigenvalue weighted by Crippen LogP contribution is 2.41. The Morgan fingerprint density at radius 1 is 1.38 bits per heavy atom. The van der Waals surface area contributed by atoms with Crippen LogP contribution in [0, 0.1) is 17.3 Å². The van der Waals surface area contributed by atoms with E-state index in [2.05, 4.69) is 27.4 Å². The summed E-state index contributed by atoms with van der Waals surface area (Å²) >= 11 is 0. The van der Waals surface area contributed by atoms with Gasteiger partial charge in [0, 0.05) is 12.8 Å². The van der Waals surface area contributed by atoms with Crippen LogP contribution in [0.2, 0.25) is 0 Å². The Morgan fingerprint density at radius 2 is 2.00 bits per heavy atom. The molecule has 1 fully saturated rings. The maximum absolute atomic E-state index is 11.0. The molecule has 0 N–H and O–H groups in total. The van der Waals surface area contributed by atoms with Crippen LogP contribution in [0.5, 0.6) is 0 Å². The van der Waals surface area contributed by atoms with Crippen LogP contribution in [0.1, 0.15) is 47.0 Å². The second-order valence-electron chi connectivity index (χ2n) is 5.92. The molecule has 0 bridgehead atoms. The standard InChI is InChI=1S/C14H24O2/c1-6-11-9-12(14(3,4)5)7-8-13(11)16-10(2)15/h6,11-13H,1,7-9H2,2-5H3/t11-,12-,13-/m0/s1. The van der Waals surface area contributed by atoms with Gasteiger partial charge in [-0.05, 0) is 30.6 Å². The van der Waals surface area contributed by atoms with E-state index in [0.717, 1.165) is 19.3 Å². The maximum atomic E-state index is 11.0. The van der Waals surface area contributed by atoms with Crippen molar-refractivity contribution in [3.05, 3.63) is 12.7 Å². The summed E-state index contributed by atoms with van der Waals surface area (Å²) < 4.78 is 5.35. The molecule has 92 valence electrons. The zero-order valence-electron chi connectivity index (χ0n) is 11.0. The van der Waals surface area contributed by atoms with E-state index in [-0.39, 0.29) is 12.1 Å². The zero-order valence-corrected chi connectivity index (χ0v) is 11.0. The Hall–Kier alpha value is -0.790. The van der Waals surface area contributed by atoms with Crippen LogP contribution >= 0.6 is 0 Å². The van der Waals surface area contributed by atoms with Crippen molar-refractivity contribution in [3.8, 4) is 0 Å². The first kappa shape index (κ1) is 13.3. The third-order valence-electron chi connectivity index (χ3n) is 3.68. The molecule has 0 aromatic heterocycles. The summed E-state index contributed by atoms with van der Waals surface area (Å²) in [6.07, 6.45) is 5.20. The van der Waals surface area contributed by atoms with Gasteiger partial charge in [0.25, 0.3) is 0 Å². The van der Waals surface area contributed by atoms with Crippen molar-refractivity contribution in [3.63, 3.8) is 0 Å². The number of carbonyl (C=O) groups excluding carboxylic acids is 1. The molecule has 1 aliphatic carbocycles. The molecular weight excluding hydrogens is 200 g/mol. The van der Waals surface area contributed by atoms with Gasteiger partial charge in [-0.25, -0.2) is 0 Å². The molecule has 0 saturated heterocycles. The van der Waals surface area contributed by atoms with E-state index in [1.54, 1.807) is 0 Å². The van der Waals surface area contributed by atoms with Gasteiger partial charge in [-0.1, -0.05) is 26.8 Å². The van der Waals surface area contributed by atoms with Gasteiger partial charge in [0.05, 0.1) is 0 Å². The SMILES string of the molecule is C=C[C@H]1C[C@@H](C(C)(C)C)CC[C@@H]1OC(C)=O. The number of carbonyl (C=O) groups is 1. The maximum Gasteiger partial charge on any atom is 0.302 e. The molecule has 0 heterocycles. The minimum atomic E-state index is -0.175. The molecule has 1 rings (SSSR count). The number of hydrogen-bond donors (Lipinski definition) is 0. The predicted octanol–water partition coefficient (Wildman–Crippen LogP) is 3.57. The lowest BCUT2D eigenvalue weighted by molar-refractivity contribution is -0.150. The molecule has 0 radical (unpaired) electrons. The van der Waals surface area contributed by atoms with Gasteiger partial charge in [0.1, 0.15) is 6.10 Å². The van der Waals surface area contributed by atoms with E-state index >= 15 is 0 Å². The second kappa shape index (κ2) is 5.03. The van der Waals surface area contributed by atoms with Gasteiger partial charge in [0.15, 0.2) is 0 Å². The summed E-state index contributed by atoms with van der Waals surface area (Å²) in [4.78, 5) is 11.0. The molecule has 0 unspecified atom stereocenters. The van der Waals surface area contributed by atoms with E-state index in [0.29, 0.717) is 17.3 Å². The van der Waals surface area contributed by atoms with Crippen LogP contribution in [0.25, 0.3) is 0 Å². The summed E-state index contributed by atoms with van der Waals surface area (Å²) in [6.45, 7) is 12.2. The molecule has 0 amide bonds. The average Bonchev–Trinajstić information content (AvgIpc) is 2.15. The van der Waals surface area contributed by atoms with Crippen molar-refractivity contribution < 1.29 is 9.53 Å². The topological polar surface area (TPSA) is 26.3 Å². The van der Waals surface area contributed by atoms with E-state index in [1.807, 2.05) is 6.08 Å². The Bertz CT molecular complexity index is 262. The molecule has 0 aromatic carbocycles. The molecule has 0 aromatic rings. The van der Waals surface area contributed by atoms with Crippen LogP contribution < -0.4 is 0 Å². The predicted molar refractivity (Wildman–Crippen MR) is 66.0 cm³/mol. The monoisotopic (exact) mass is 224 g/mol. The highest BCUT2D eigenvalue weighted by atomic mass is 16.5. The Balaban J connectivity index is 2.64. The lowest BCUT2D eigenvalue weighted by atomic mass is 9.68. The van der Waals surface area contributed by atoms with Gasteiger partial charge < -0.3 is 4.74 Å². The first-order valence-corrected chi connectivity index (χ1v) is 6.14. The van der Waals surface area contributed by atoms with Crippen molar-refractivity contribution in [1.29, 1.82) is 0 Å². The summed E-state index contributed by atoms with van der Waals surface area (Å²) in [5.41, 5.74) is 0.336. The Labute approximate surface area is 99.1 Å². The molecule has 1 saturated carbocycles.